The predicted octanol–water partition coefficient (Wildman–Crippen LogP) is 2.44. The lowest BCUT2D eigenvalue weighted by Gasteiger charge is -2.29. The summed E-state index contributed by atoms with van der Waals surface area (Å²) in [5.41, 5.74) is 3.15. The molecule has 3 nitrogen and oxygen atoms in total. The maximum Gasteiger partial charge on any atom is 0.245 e. The molecule has 1 aromatic carbocycles. The number of rotatable bonds is 2. The Morgan fingerprint density at radius 2 is 2.00 bits per heavy atom. The zero-order chi connectivity index (χ0) is 13.1. The smallest absolute Gasteiger partial charge is 0.245 e. The van der Waals surface area contributed by atoms with Crippen molar-refractivity contribution < 1.29 is 9.53 Å². The summed E-state index contributed by atoms with van der Waals surface area (Å²) in [4.78, 5) is 14.1. The van der Waals surface area contributed by atoms with Gasteiger partial charge >= 0.3 is 0 Å². The summed E-state index contributed by atoms with van der Waals surface area (Å²) in [6.45, 7) is 6.48. The molecule has 1 saturated heterocycles. The van der Waals surface area contributed by atoms with Crippen molar-refractivity contribution in [1.82, 2.24) is 4.90 Å². The summed E-state index contributed by atoms with van der Waals surface area (Å²) in [5, 5.41) is -0.594. The Morgan fingerprint density at radius 1 is 1.33 bits per heavy atom. The second kappa shape index (κ2) is 5.72. The molecule has 1 fully saturated rings. The van der Waals surface area contributed by atoms with Gasteiger partial charge in [0, 0.05) is 13.1 Å². The van der Waals surface area contributed by atoms with E-state index in [1.807, 2.05) is 26.0 Å². The average Bonchev–Trinajstić information content (AvgIpc) is 2.38. The standard InChI is InChI=1S/C14H18ClNO2/c1-10-3-4-12(11(2)9-10)13(15)14(17)16-5-7-18-8-6-16/h3-4,9,13H,5-8H2,1-2H3. The highest BCUT2D eigenvalue weighted by Crippen LogP contribution is 2.27. The molecule has 0 saturated carbocycles. The first kappa shape index (κ1) is 13.4. The second-order valence-corrected chi connectivity index (χ2v) is 5.10. The lowest BCUT2D eigenvalue weighted by molar-refractivity contribution is -0.134. The molecule has 4 heteroatoms. The summed E-state index contributed by atoms with van der Waals surface area (Å²) in [6.07, 6.45) is 0. The van der Waals surface area contributed by atoms with Crippen LogP contribution in [0.1, 0.15) is 22.1 Å². The van der Waals surface area contributed by atoms with Crippen molar-refractivity contribution in [3.8, 4) is 0 Å². The van der Waals surface area contributed by atoms with E-state index in [1.54, 1.807) is 4.90 Å². The van der Waals surface area contributed by atoms with E-state index in [4.69, 9.17) is 16.3 Å². The zero-order valence-electron chi connectivity index (χ0n) is 10.8. The summed E-state index contributed by atoms with van der Waals surface area (Å²) in [5.74, 6) is -0.0214. The Kier molecular flexibility index (Phi) is 4.25. The molecule has 0 N–H and O–H groups in total. The van der Waals surface area contributed by atoms with Crippen LogP contribution in [-0.4, -0.2) is 37.1 Å². The fraction of sp³-hybridized carbons (Fsp3) is 0.500. The molecule has 2 rings (SSSR count). The fourth-order valence-corrected chi connectivity index (χ4v) is 2.57. The van der Waals surface area contributed by atoms with E-state index in [0.29, 0.717) is 26.3 Å². The lowest BCUT2D eigenvalue weighted by Crippen LogP contribution is -2.42. The van der Waals surface area contributed by atoms with Crippen LogP contribution >= 0.6 is 11.6 Å². The summed E-state index contributed by atoms with van der Waals surface area (Å²) < 4.78 is 5.24. The van der Waals surface area contributed by atoms with Crippen molar-refractivity contribution in [3.63, 3.8) is 0 Å². The van der Waals surface area contributed by atoms with Crippen molar-refractivity contribution in [2.24, 2.45) is 0 Å². The van der Waals surface area contributed by atoms with E-state index in [1.165, 1.54) is 5.56 Å². The molecular formula is C14H18ClNO2. The Morgan fingerprint density at radius 3 is 2.61 bits per heavy atom. The van der Waals surface area contributed by atoms with Crippen molar-refractivity contribution in [2.45, 2.75) is 19.2 Å². The molecule has 18 heavy (non-hydrogen) atoms. The van der Waals surface area contributed by atoms with Gasteiger partial charge in [-0.2, -0.15) is 0 Å². The molecule has 98 valence electrons. The molecule has 1 aliphatic rings. The van der Waals surface area contributed by atoms with Crippen LogP contribution in [0.15, 0.2) is 18.2 Å². The Labute approximate surface area is 113 Å². The molecule has 0 aliphatic carbocycles. The molecule has 1 aliphatic heterocycles. The monoisotopic (exact) mass is 267 g/mol. The molecule has 0 radical (unpaired) electrons. The maximum atomic E-state index is 12.3. The number of hydrogen-bond donors (Lipinski definition) is 0. The Bertz CT molecular complexity index is 441. The van der Waals surface area contributed by atoms with Crippen molar-refractivity contribution in [3.05, 3.63) is 34.9 Å². The molecule has 1 aromatic rings. The molecule has 0 bridgehead atoms. The lowest BCUT2D eigenvalue weighted by atomic mass is 10.0. The van der Waals surface area contributed by atoms with Gasteiger partial charge < -0.3 is 9.64 Å². The van der Waals surface area contributed by atoms with Crippen molar-refractivity contribution in [1.29, 1.82) is 0 Å². The minimum absolute atomic E-state index is 0.0214. The Hall–Kier alpha value is -1.06. The Balaban J connectivity index is 2.14. The van der Waals surface area contributed by atoms with Crippen LogP contribution < -0.4 is 0 Å². The number of aryl methyl sites for hydroxylation is 2. The molecule has 1 heterocycles. The minimum atomic E-state index is -0.594. The van der Waals surface area contributed by atoms with Crippen LogP contribution in [0.25, 0.3) is 0 Å². The van der Waals surface area contributed by atoms with Gasteiger partial charge in [0.15, 0.2) is 0 Å². The molecular weight excluding hydrogens is 250 g/mol. The predicted molar refractivity (Wildman–Crippen MR) is 71.9 cm³/mol. The van der Waals surface area contributed by atoms with E-state index < -0.39 is 5.38 Å². The van der Waals surface area contributed by atoms with E-state index in [2.05, 4.69) is 6.07 Å². The van der Waals surface area contributed by atoms with Gasteiger partial charge in [-0.05, 0) is 25.0 Å². The van der Waals surface area contributed by atoms with Crippen LogP contribution in [0.3, 0.4) is 0 Å². The van der Waals surface area contributed by atoms with Gasteiger partial charge in [-0.3, -0.25) is 4.79 Å². The van der Waals surface area contributed by atoms with Gasteiger partial charge in [0.2, 0.25) is 5.91 Å². The van der Waals surface area contributed by atoms with Crippen LogP contribution in [0.5, 0.6) is 0 Å². The number of alkyl halides is 1. The number of halogens is 1. The van der Waals surface area contributed by atoms with Gasteiger partial charge in [-0.15, -0.1) is 11.6 Å². The van der Waals surface area contributed by atoms with Crippen molar-refractivity contribution in [2.75, 3.05) is 26.3 Å². The average molecular weight is 268 g/mol. The molecule has 0 spiro atoms. The largest absolute Gasteiger partial charge is 0.378 e. The number of benzene rings is 1. The molecule has 0 aromatic heterocycles. The summed E-state index contributed by atoms with van der Waals surface area (Å²) in [7, 11) is 0. The maximum absolute atomic E-state index is 12.3. The first-order chi connectivity index (χ1) is 8.59. The van der Waals surface area contributed by atoms with Crippen LogP contribution in [0.4, 0.5) is 0 Å². The first-order valence-corrected chi connectivity index (χ1v) is 6.61. The third-order valence-corrected chi connectivity index (χ3v) is 3.66. The number of carbonyl (C=O) groups is 1. The molecule has 1 atom stereocenters. The van der Waals surface area contributed by atoms with Gasteiger partial charge in [0.05, 0.1) is 13.2 Å². The van der Waals surface area contributed by atoms with Gasteiger partial charge in [-0.25, -0.2) is 0 Å². The number of amides is 1. The number of ether oxygens (including phenoxy) is 1. The third kappa shape index (κ3) is 2.85. The number of nitrogens with zero attached hydrogens (tertiary/aromatic N) is 1. The van der Waals surface area contributed by atoms with Gasteiger partial charge in [-0.1, -0.05) is 23.8 Å². The van der Waals surface area contributed by atoms with E-state index in [-0.39, 0.29) is 5.91 Å². The highest BCUT2D eigenvalue weighted by atomic mass is 35.5. The quantitative estimate of drug-likeness (QED) is 0.771. The number of morpholine rings is 1. The fourth-order valence-electron chi connectivity index (χ4n) is 2.19. The van der Waals surface area contributed by atoms with E-state index >= 15 is 0 Å². The molecule has 1 amide bonds. The van der Waals surface area contributed by atoms with Gasteiger partial charge in [0.25, 0.3) is 0 Å². The SMILES string of the molecule is Cc1ccc(C(Cl)C(=O)N2CCOCC2)c(C)c1. The highest BCUT2D eigenvalue weighted by Gasteiger charge is 2.26. The van der Waals surface area contributed by atoms with Gasteiger partial charge in [0.1, 0.15) is 5.38 Å². The summed E-state index contributed by atoms with van der Waals surface area (Å²) in [6, 6.07) is 5.99. The first-order valence-electron chi connectivity index (χ1n) is 6.17. The summed E-state index contributed by atoms with van der Waals surface area (Å²) >= 11 is 6.32. The van der Waals surface area contributed by atoms with E-state index in [0.717, 1.165) is 11.1 Å². The normalized spacial score (nSPS) is 17.6. The zero-order valence-corrected chi connectivity index (χ0v) is 11.5. The van der Waals surface area contributed by atoms with Crippen LogP contribution in [0, 0.1) is 13.8 Å². The number of carbonyl (C=O) groups excluding carboxylic acids is 1. The van der Waals surface area contributed by atoms with Crippen LogP contribution in [0.2, 0.25) is 0 Å². The second-order valence-electron chi connectivity index (χ2n) is 4.66. The minimum Gasteiger partial charge on any atom is -0.378 e. The van der Waals surface area contributed by atoms with Crippen LogP contribution in [-0.2, 0) is 9.53 Å². The topological polar surface area (TPSA) is 29.5 Å². The third-order valence-electron chi connectivity index (χ3n) is 3.24. The van der Waals surface area contributed by atoms with Crippen molar-refractivity contribution >= 4 is 17.5 Å². The molecule has 1 unspecified atom stereocenters. The number of hydrogen-bond acceptors (Lipinski definition) is 2. The highest BCUT2D eigenvalue weighted by molar-refractivity contribution is 6.30. The van der Waals surface area contributed by atoms with E-state index in [9.17, 15) is 4.79 Å².